The lowest BCUT2D eigenvalue weighted by molar-refractivity contribution is -0.118. The number of anilines is 1. The quantitative estimate of drug-likeness (QED) is 0.913. The molecule has 1 saturated carbocycles. The van der Waals surface area contributed by atoms with Crippen LogP contribution in [0.1, 0.15) is 42.7 Å². The molecule has 1 aliphatic heterocycles. The predicted molar refractivity (Wildman–Crippen MR) is 83.1 cm³/mol. The van der Waals surface area contributed by atoms with Crippen molar-refractivity contribution in [2.45, 2.75) is 43.8 Å². The number of amides is 1. The smallest absolute Gasteiger partial charge is 0.232 e. The summed E-state index contributed by atoms with van der Waals surface area (Å²) in [5.74, 6) is 0.213. The fraction of sp³-hybridized carbons (Fsp3) is 0.562. The molecular weight excluding hydrogens is 286 g/mol. The molecule has 1 heterocycles. The van der Waals surface area contributed by atoms with Gasteiger partial charge >= 0.3 is 0 Å². The van der Waals surface area contributed by atoms with E-state index in [1.807, 2.05) is 19.1 Å². The minimum atomic E-state index is -2.95. The van der Waals surface area contributed by atoms with Crippen LogP contribution in [0.5, 0.6) is 0 Å². The van der Waals surface area contributed by atoms with Gasteiger partial charge in [-0.1, -0.05) is 17.7 Å². The van der Waals surface area contributed by atoms with E-state index in [-0.39, 0.29) is 23.0 Å². The molecule has 1 fully saturated rings. The Hall–Kier alpha value is -1.36. The maximum atomic E-state index is 12.3. The molecular formula is C16H21NO3S. The first-order valence-corrected chi connectivity index (χ1v) is 9.42. The molecule has 2 aliphatic rings. The van der Waals surface area contributed by atoms with E-state index < -0.39 is 9.84 Å². The van der Waals surface area contributed by atoms with Gasteiger partial charge in [-0.2, -0.15) is 0 Å². The Labute approximate surface area is 125 Å². The first-order valence-electron chi connectivity index (χ1n) is 7.46. The topological polar surface area (TPSA) is 63.2 Å². The van der Waals surface area contributed by atoms with E-state index in [4.69, 9.17) is 0 Å². The largest absolute Gasteiger partial charge is 0.325 e. The standard InChI is InChI=1S/C16H21NO3S/c1-10-3-8-14-13(9-10)15(16(18)17-14)11-4-6-12(7-5-11)21(2,19)20/h3,8-9,11-12,15H,4-7H2,1-2H3,(H,17,18). The highest BCUT2D eigenvalue weighted by molar-refractivity contribution is 7.91. The Balaban J connectivity index is 1.80. The van der Waals surface area contributed by atoms with Crippen LogP contribution in [0.25, 0.3) is 0 Å². The molecule has 4 nitrogen and oxygen atoms in total. The lowest BCUT2D eigenvalue weighted by Crippen LogP contribution is -2.30. The molecule has 0 radical (unpaired) electrons. The highest BCUT2D eigenvalue weighted by atomic mass is 32.2. The van der Waals surface area contributed by atoms with Crippen LogP contribution < -0.4 is 5.32 Å². The molecule has 1 N–H and O–H groups in total. The molecule has 1 unspecified atom stereocenters. The SMILES string of the molecule is Cc1ccc2c(c1)C(C1CCC(S(C)(=O)=O)CC1)C(=O)N2. The molecule has 0 spiro atoms. The van der Waals surface area contributed by atoms with Gasteiger partial charge in [-0.3, -0.25) is 4.79 Å². The molecule has 3 rings (SSSR count). The zero-order chi connectivity index (χ0) is 15.2. The number of fused-ring (bicyclic) bond motifs is 1. The van der Waals surface area contributed by atoms with E-state index in [1.165, 1.54) is 6.26 Å². The van der Waals surface area contributed by atoms with Crippen molar-refractivity contribution >= 4 is 21.4 Å². The molecule has 1 aromatic rings. The van der Waals surface area contributed by atoms with Gasteiger partial charge in [-0.25, -0.2) is 8.42 Å². The Morgan fingerprint density at radius 2 is 1.81 bits per heavy atom. The van der Waals surface area contributed by atoms with Gasteiger partial charge in [0.25, 0.3) is 0 Å². The van der Waals surface area contributed by atoms with Crippen molar-refractivity contribution in [2.75, 3.05) is 11.6 Å². The second-order valence-corrected chi connectivity index (χ2v) is 8.75. The third kappa shape index (κ3) is 2.71. The van der Waals surface area contributed by atoms with E-state index in [0.717, 1.165) is 29.7 Å². The van der Waals surface area contributed by atoms with Gasteiger partial charge in [0, 0.05) is 11.9 Å². The number of aryl methyl sites for hydroxylation is 1. The number of sulfone groups is 1. The Morgan fingerprint density at radius 3 is 2.43 bits per heavy atom. The summed E-state index contributed by atoms with van der Waals surface area (Å²) in [6, 6.07) is 6.05. The van der Waals surface area contributed by atoms with Gasteiger partial charge in [0.05, 0.1) is 11.2 Å². The van der Waals surface area contributed by atoms with Crippen molar-refractivity contribution in [1.29, 1.82) is 0 Å². The zero-order valence-corrected chi connectivity index (χ0v) is 13.2. The molecule has 0 bridgehead atoms. The van der Waals surface area contributed by atoms with E-state index in [0.29, 0.717) is 12.8 Å². The van der Waals surface area contributed by atoms with Crippen LogP contribution in [0.2, 0.25) is 0 Å². The number of carbonyl (C=O) groups is 1. The van der Waals surface area contributed by atoms with Crippen molar-refractivity contribution < 1.29 is 13.2 Å². The van der Waals surface area contributed by atoms with E-state index in [2.05, 4.69) is 11.4 Å². The van der Waals surface area contributed by atoms with Crippen LogP contribution >= 0.6 is 0 Å². The van der Waals surface area contributed by atoms with Crippen LogP contribution in [0.15, 0.2) is 18.2 Å². The third-order valence-electron chi connectivity index (χ3n) is 4.88. The summed E-state index contributed by atoms with van der Waals surface area (Å²) >= 11 is 0. The summed E-state index contributed by atoms with van der Waals surface area (Å²) in [5.41, 5.74) is 3.16. The highest BCUT2D eigenvalue weighted by Crippen LogP contribution is 2.44. The first kappa shape index (κ1) is 14.6. The average Bonchev–Trinajstić information content (AvgIpc) is 2.73. The summed E-state index contributed by atoms with van der Waals surface area (Å²) in [6.07, 6.45) is 4.29. The number of hydrogen-bond acceptors (Lipinski definition) is 3. The second kappa shape index (κ2) is 5.13. The van der Waals surface area contributed by atoms with Gasteiger partial charge in [0.1, 0.15) is 9.84 Å². The van der Waals surface area contributed by atoms with Gasteiger partial charge < -0.3 is 5.32 Å². The number of rotatable bonds is 2. The van der Waals surface area contributed by atoms with Crippen LogP contribution in [-0.2, 0) is 14.6 Å². The number of benzene rings is 1. The van der Waals surface area contributed by atoms with Crippen molar-refractivity contribution in [3.63, 3.8) is 0 Å². The van der Waals surface area contributed by atoms with Gasteiger partial charge in [-0.15, -0.1) is 0 Å². The fourth-order valence-corrected chi connectivity index (χ4v) is 4.85. The van der Waals surface area contributed by atoms with E-state index in [9.17, 15) is 13.2 Å². The van der Waals surface area contributed by atoms with Crippen LogP contribution in [-0.4, -0.2) is 25.8 Å². The van der Waals surface area contributed by atoms with Gasteiger partial charge in [0.2, 0.25) is 5.91 Å². The molecule has 1 atom stereocenters. The molecule has 0 aromatic heterocycles. The molecule has 1 amide bonds. The second-order valence-electron chi connectivity index (χ2n) is 6.42. The maximum Gasteiger partial charge on any atom is 0.232 e. The third-order valence-corrected chi connectivity index (χ3v) is 6.56. The van der Waals surface area contributed by atoms with E-state index in [1.54, 1.807) is 0 Å². The number of hydrogen-bond donors (Lipinski definition) is 1. The lowest BCUT2D eigenvalue weighted by Gasteiger charge is -2.30. The van der Waals surface area contributed by atoms with Crippen molar-refractivity contribution in [1.82, 2.24) is 0 Å². The molecule has 114 valence electrons. The van der Waals surface area contributed by atoms with Gasteiger partial charge in [0.15, 0.2) is 0 Å². The first-order chi connectivity index (χ1) is 9.86. The predicted octanol–water partition coefficient (Wildman–Crippen LogP) is 2.63. The van der Waals surface area contributed by atoms with Crippen molar-refractivity contribution in [3.05, 3.63) is 29.3 Å². The van der Waals surface area contributed by atoms with Crippen LogP contribution in [0, 0.1) is 12.8 Å². The Kier molecular flexibility index (Phi) is 3.56. The molecule has 1 aromatic carbocycles. The monoisotopic (exact) mass is 307 g/mol. The normalized spacial score (nSPS) is 29.0. The molecule has 0 saturated heterocycles. The lowest BCUT2D eigenvalue weighted by atomic mass is 9.77. The molecule has 5 heteroatoms. The fourth-order valence-electron chi connectivity index (χ4n) is 3.72. The summed E-state index contributed by atoms with van der Waals surface area (Å²) in [4.78, 5) is 12.3. The Bertz CT molecular complexity index is 673. The minimum Gasteiger partial charge on any atom is -0.325 e. The van der Waals surface area contributed by atoms with Crippen molar-refractivity contribution in [2.24, 2.45) is 5.92 Å². The Morgan fingerprint density at radius 1 is 1.14 bits per heavy atom. The average molecular weight is 307 g/mol. The maximum absolute atomic E-state index is 12.3. The van der Waals surface area contributed by atoms with Gasteiger partial charge in [-0.05, 0) is 50.2 Å². The van der Waals surface area contributed by atoms with Crippen LogP contribution in [0.3, 0.4) is 0 Å². The summed E-state index contributed by atoms with van der Waals surface area (Å²) in [6.45, 7) is 2.03. The number of carbonyl (C=O) groups excluding carboxylic acids is 1. The molecule has 1 aliphatic carbocycles. The summed E-state index contributed by atoms with van der Waals surface area (Å²) in [5, 5.41) is 2.73. The summed E-state index contributed by atoms with van der Waals surface area (Å²) in [7, 11) is -2.95. The summed E-state index contributed by atoms with van der Waals surface area (Å²) < 4.78 is 23.3. The van der Waals surface area contributed by atoms with E-state index >= 15 is 0 Å². The van der Waals surface area contributed by atoms with Crippen molar-refractivity contribution in [3.8, 4) is 0 Å². The van der Waals surface area contributed by atoms with Crippen LogP contribution in [0.4, 0.5) is 5.69 Å². The minimum absolute atomic E-state index is 0.0680. The highest BCUT2D eigenvalue weighted by Gasteiger charge is 2.39. The zero-order valence-electron chi connectivity index (χ0n) is 12.4. The number of nitrogens with one attached hydrogen (secondary N) is 1. The molecule has 21 heavy (non-hydrogen) atoms.